The zero-order valence-corrected chi connectivity index (χ0v) is 20.1. The van der Waals surface area contributed by atoms with E-state index in [2.05, 4.69) is 0 Å². The summed E-state index contributed by atoms with van der Waals surface area (Å²) in [6.45, 7) is 4.37. The highest BCUT2D eigenvalue weighted by Crippen LogP contribution is 2.28. The lowest BCUT2D eigenvalue weighted by Gasteiger charge is -2.31. The Kier molecular flexibility index (Phi) is 7.25. The first-order chi connectivity index (χ1) is 17.0. The van der Waals surface area contributed by atoms with Gasteiger partial charge in [-0.1, -0.05) is 37.6 Å². The van der Waals surface area contributed by atoms with E-state index in [1.807, 2.05) is 32.0 Å². The van der Waals surface area contributed by atoms with Gasteiger partial charge in [-0.2, -0.15) is 0 Å². The van der Waals surface area contributed by atoms with E-state index in [9.17, 15) is 14.0 Å². The molecule has 0 N–H and O–H groups in total. The summed E-state index contributed by atoms with van der Waals surface area (Å²) >= 11 is 0. The standard InChI is InChI=1S/C28H28FN3O3/c1-4-5-18-31(27(33)20-14-16-21(29)17-15-20)19(2)26-30-23-11-7-6-10-22(23)28(34)32(26)24-12-8-9-13-25(24)35-3/h6-17,19H,4-5,18H2,1-3H3. The maximum Gasteiger partial charge on any atom is 0.266 e. The molecule has 3 aromatic carbocycles. The van der Waals surface area contributed by atoms with Crippen molar-refractivity contribution in [2.75, 3.05) is 13.7 Å². The fraction of sp³-hybridized carbons (Fsp3) is 0.250. The fourth-order valence-corrected chi connectivity index (χ4v) is 4.17. The van der Waals surface area contributed by atoms with Gasteiger partial charge in [-0.3, -0.25) is 14.2 Å². The molecule has 0 aliphatic carbocycles. The number of rotatable bonds is 8. The number of halogens is 1. The SMILES string of the molecule is CCCCN(C(=O)c1ccc(F)cc1)C(C)c1nc2ccccc2c(=O)n1-c1ccccc1OC. The minimum atomic E-state index is -0.554. The van der Waals surface area contributed by atoms with Crippen molar-refractivity contribution in [1.29, 1.82) is 0 Å². The zero-order valence-electron chi connectivity index (χ0n) is 20.1. The van der Waals surface area contributed by atoms with Crippen LogP contribution < -0.4 is 10.3 Å². The van der Waals surface area contributed by atoms with E-state index in [4.69, 9.17) is 9.72 Å². The van der Waals surface area contributed by atoms with Gasteiger partial charge in [-0.25, -0.2) is 9.37 Å². The van der Waals surface area contributed by atoms with Crippen molar-refractivity contribution in [3.63, 3.8) is 0 Å². The molecule has 1 unspecified atom stereocenters. The van der Waals surface area contributed by atoms with Crippen LogP contribution in [0.2, 0.25) is 0 Å². The third kappa shape index (κ3) is 4.80. The van der Waals surface area contributed by atoms with Crippen LogP contribution in [0.4, 0.5) is 4.39 Å². The van der Waals surface area contributed by atoms with Gasteiger partial charge >= 0.3 is 0 Å². The van der Waals surface area contributed by atoms with Gasteiger partial charge in [0, 0.05) is 12.1 Å². The quantitative estimate of drug-likeness (QED) is 0.337. The van der Waals surface area contributed by atoms with Gasteiger partial charge in [0.2, 0.25) is 0 Å². The molecule has 0 bridgehead atoms. The number of carbonyl (C=O) groups excluding carboxylic acids is 1. The number of ether oxygens (including phenoxy) is 1. The Labute approximate surface area is 203 Å². The molecule has 1 atom stereocenters. The monoisotopic (exact) mass is 473 g/mol. The lowest BCUT2D eigenvalue weighted by Crippen LogP contribution is -2.38. The van der Waals surface area contributed by atoms with E-state index in [-0.39, 0.29) is 11.5 Å². The highest BCUT2D eigenvalue weighted by molar-refractivity contribution is 5.94. The molecule has 0 saturated heterocycles. The van der Waals surface area contributed by atoms with Crippen LogP contribution in [0.15, 0.2) is 77.6 Å². The first-order valence-electron chi connectivity index (χ1n) is 11.7. The highest BCUT2D eigenvalue weighted by Gasteiger charge is 2.28. The molecular formula is C28H28FN3O3. The van der Waals surface area contributed by atoms with E-state index >= 15 is 0 Å². The average Bonchev–Trinajstić information content (AvgIpc) is 2.89. The second-order valence-electron chi connectivity index (χ2n) is 8.33. The number of carbonyl (C=O) groups is 1. The molecule has 0 fully saturated rings. The smallest absolute Gasteiger partial charge is 0.266 e. The predicted molar refractivity (Wildman–Crippen MR) is 135 cm³/mol. The maximum absolute atomic E-state index is 13.8. The normalized spacial score (nSPS) is 11.9. The Morgan fingerprint density at radius 2 is 1.74 bits per heavy atom. The van der Waals surface area contributed by atoms with Crippen molar-refractivity contribution in [1.82, 2.24) is 14.5 Å². The van der Waals surface area contributed by atoms with Gasteiger partial charge in [-0.15, -0.1) is 0 Å². The Morgan fingerprint density at radius 1 is 1.06 bits per heavy atom. The number of methoxy groups -OCH3 is 1. The third-order valence-electron chi connectivity index (χ3n) is 6.07. The highest BCUT2D eigenvalue weighted by atomic mass is 19.1. The fourth-order valence-electron chi connectivity index (χ4n) is 4.17. The average molecular weight is 474 g/mol. The Balaban J connectivity index is 1.92. The van der Waals surface area contributed by atoms with Crippen LogP contribution in [0.3, 0.4) is 0 Å². The second-order valence-corrected chi connectivity index (χ2v) is 8.33. The van der Waals surface area contributed by atoms with E-state index < -0.39 is 11.9 Å². The summed E-state index contributed by atoms with van der Waals surface area (Å²) in [4.78, 5) is 33.9. The van der Waals surface area contributed by atoms with Crippen LogP contribution in [-0.4, -0.2) is 34.0 Å². The van der Waals surface area contributed by atoms with Gasteiger partial charge in [0.1, 0.15) is 17.4 Å². The molecule has 35 heavy (non-hydrogen) atoms. The van der Waals surface area contributed by atoms with Crippen molar-refractivity contribution in [3.8, 4) is 11.4 Å². The van der Waals surface area contributed by atoms with Crippen LogP contribution >= 0.6 is 0 Å². The third-order valence-corrected chi connectivity index (χ3v) is 6.07. The second kappa shape index (κ2) is 10.5. The number of hydrogen-bond acceptors (Lipinski definition) is 4. The molecule has 180 valence electrons. The van der Waals surface area contributed by atoms with Crippen LogP contribution in [-0.2, 0) is 0 Å². The Hall–Kier alpha value is -4.00. The van der Waals surface area contributed by atoms with Crippen LogP contribution in [0, 0.1) is 5.82 Å². The van der Waals surface area contributed by atoms with Crippen LogP contribution in [0.1, 0.15) is 48.9 Å². The largest absolute Gasteiger partial charge is 0.495 e. The zero-order chi connectivity index (χ0) is 24.9. The first-order valence-corrected chi connectivity index (χ1v) is 11.7. The molecule has 4 aromatic rings. The number of benzene rings is 3. The van der Waals surface area contributed by atoms with Gasteiger partial charge < -0.3 is 9.64 Å². The summed E-state index contributed by atoms with van der Waals surface area (Å²) in [5, 5.41) is 0.472. The molecule has 0 saturated carbocycles. The lowest BCUT2D eigenvalue weighted by molar-refractivity contribution is 0.0678. The van der Waals surface area contributed by atoms with E-state index in [0.717, 1.165) is 12.8 Å². The number of amides is 1. The van der Waals surface area contributed by atoms with E-state index in [1.165, 1.54) is 28.8 Å². The molecule has 0 aliphatic rings. The van der Waals surface area contributed by atoms with Crippen molar-refractivity contribution in [2.24, 2.45) is 0 Å². The molecule has 1 heterocycles. The Morgan fingerprint density at radius 3 is 2.46 bits per heavy atom. The molecule has 1 amide bonds. The maximum atomic E-state index is 13.8. The summed E-state index contributed by atoms with van der Waals surface area (Å²) in [6.07, 6.45) is 1.65. The minimum absolute atomic E-state index is 0.244. The number of fused-ring (bicyclic) bond motifs is 1. The van der Waals surface area contributed by atoms with Crippen LogP contribution in [0.25, 0.3) is 16.6 Å². The van der Waals surface area contributed by atoms with Crippen LogP contribution in [0.5, 0.6) is 5.75 Å². The minimum Gasteiger partial charge on any atom is -0.495 e. The van der Waals surface area contributed by atoms with Gasteiger partial charge in [-0.05, 0) is 61.9 Å². The topological polar surface area (TPSA) is 64.4 Å². The van der Waals surface area contributed by atoms with Crippen molar-refractivity contribution >= 4 is 16.8 Å². The number of unbranched alkanes of at least 4 members (excludes halogenated alkanes) is 1. The van der Waals surface area contributed by atoms with Gasteiger partial charge in [0.15, 0.2) is 0 Å². The number of aromatic nitrogens is 2. The summed E-state index contributed by atoms with van der Waals surface area (Å²) in [6, 6.07) is 19.3. The van der Waals surface area contributed by atoms with Gasteiger partial charge in [0.05, 0.1) is 29.7 Å². The van der Waals surface area contributed by atoms with Gasteiger partial charge in [0.25, 0.3) is 11.5 Å². The summed E-state index contributed by atoms with van der Waals surface area (Å²) in [7, 11) is 1.55. The molecule has 0 aliphatic heterocycles. The molecule has 0 radical (unpaired) electrons. The summed E-state index contributed by atoms with van der Waals surface area (Å²) in [5.74, 6) is 0.283. The Bertz CT molecular complexity index is 1400. The van der Waals surface area contributed by atoms with E-state index in [0.29, 0.717) is 40.3 Å². The lowest BCUT2D eigenvalue weighted by atomic mass is 10.1. The number of para-hydroxylation sites is 3. The molecule has 1 aromatic heterocycles. The molecule has 4 rings (SSSR count). The molecule has 6 nitrogen and oxygen atoms in total. The van der Waals surface area contributed by atoms with Crippen molar-refractivity contribution in [3.05, 3.63) is 100 Å². The molecular weight excluding hydrogens is 445 g/mol. The van der Waals surface area contributed by atoms with E-state index in [1.54, 1.807) is 42.3 Å². The molecule has 7 heteroatoms. The summed E-state index contributed by atoms with van der Waals surface area (Å²) in [5.41, 5.74) is 1.23. The predicted octanol–water partition coefficient (Wildman–Crippen LogP) is 5.54. The first kappa shape index (κ1) is 24.1. The van der Waals surface area contributed by atoms with Crippen molar-refractivity contribution in [2.45, 2.75) is 32.7 Å². The summed E-state index contributed by atoms with van der Waals surface area (Å²) < 4.78 is 20.6. The number of hydrogen-bond donors (Lipinski definition) is 0. The molecule has 0 spiro atoms. The van der Waals surface area contributed by atoms with Crippen molar-refractivity contribution < 1.29 is 13.9 Å². The number of nitrogens with zero attached hydrogens (tertiary/aromatic N) is 3.